The summed E-state index contributed by atoms with van der Waals surface area (Å²) in [4.78, 5) is 12.4. The maximum atomic E-state index is 12.4. The zero-order chi connectivity index (χ0) is 17.1. The van der Waals surface area contributed by atoms with Gasteiger partial charge in [-0.1, -0.05) is 51.3 Å². The van der Waals surface area contributed by atoms with Crippen molar-refractivity contribution in [1.82, 2.24) is 0 Å². The van der Waals surface area contributed by atoms with Crippen LogP contribution in [0.2, 0.25) is 0 Å². The molecular formula is C18H34O4S. The Balaban J connectivity index is 2.74. The molecule has 1 rings (SSSR count). The first-order valence-electron chi connectivity index (χ1n) is 9.24. The molecule has 136 valence electrons. The predicted octanol–water partition coefficient (Wildman–Crippen LogP) is 4.76. The van der Waals surface area contributed by atoms with Gasteiger partial charge < -0.3 is 14.2 Å². The van der Waals surface area contributed by atoms with E-state index in [4.69, 9.17) is 14.2 Å². The molecule has 0 unspecified atom stereocenters. The first kappa shape index (κ1) is 20.9. The Labute approximate surface area is 146 Å². The van der Waals surface area contributed by atoms with Gasteiger partial charge in [-0.05, 0) is 32.4 Å². The van der Waals surface area contributed by atoms with E-state index in [9.17, 15) is 4.79 Å². The second kappa shape index (κ2) is 11.5. The Morgan fingerprint density at radius 2 is 1.83 bits per heavy atom. The molecule has 1 aliphatic heterocycles. The monoisotopic (exact) mass is 346 g/mol. The van der Waals surface area contributed by atoms with Crippen LogP contribution in [0.4, 0.5) is 0 Å². The van der Waals surface area contributed by atoms with Crippen LogP contribution in [-0.4, -0.2) is 36.2 Å². The summed E-state index contributed by atoms with van der Waals surface area (Å²) in [6, 6.07) is 0. The maximum absolute atomic E-state index is 12.4. The molecule has 1 fully saturated rings. The van der Waals surface area contributed by atoms with Crippen molar-refractivity contribution in [2.45, 2.75) is 84.7 Å². The molecule has 0 N–H and O–H groups in total. The van der Waals surface area contributed by atoms with Crippen molar-refractivity contribution in [2.24, 2.45) is 5.92 Å². The van der Waals surface area contributed by atoms with Crippen LogP contribution in [0.1, 0.15) is 72.6 Å². The lowest BCUT2D eigenvalue weighted by Gasteiger charge is -2.43. The molecule has 0 saturated carbocycles. The van der Waals surface area contributed by atoms with E-state index in [2.05, 4.69) is 6.92 Å². The zero-order valence-corrected chi connectivity index (χ0v) is 16.1. The Morgan fingerprint density at radius 1 is 1.13 bits per heavy atom. The Morgan fingerprint density at radius 3 is 2.39 bits per heavy atom. The van der Waals surface area contributed by atoms with Crippen LogP contribution < -0.4 is 0 Å². The van der Waals surface area contributed by atoms with Crippen molar-refractivity contribution < 1.29 is 19.0 Å². The quantitative estimate of drug-likeness (QED) is 0.399. The van der Waals surface area contributed by atoms with Gasteiger partial charge in [0.15, 0.2) is 5.12 Å². The van der Waals surface area contributed by atoms with Gasteiger partial charge in [-0.2, -0.15) is 0 Å². The second-order valence-corrected chi connectivity index (χ2v) is 7.22. The fourth-order valence-electron chi connectivity index (χ4n) is 3.14. The third kappa shape index (κ3) is 6.73. The number of carbonyl (C=O) groups excluding carboxylic acids is 1. The highest BCUT2D eigenvalue weighted by atomic mass is 32.2. The van der Waals surface area contributed by atoms with E-state index in [0.29, 0.717) is 19.6 Å². The third-order valence-corrected chi connectivity index (χ3v) is 5.08. The minimum atomic E-state index is -0.952. The second-order valence-electron chi connectivity index (χ2n) is 5.95. The van der Waals surface area contributed by atoms with Gasteiger partial charge in [0.25, 0.3) is 5.97 Å². The first-order valence-corrected chi connectivity index (χ1v) is 10.2. The van der Waals surface area contributed by atoms with Crippen molar-refractivity contribution in [2.75, 3.05) is 19.0 Å². The molecule has 0 spiro atoms. The Kier molecular flexibility index (Phi) is 10.4. The van der Waals surface area contributed by atoms with E-state index in [1.54, 1.807) is 0 Å². The van der Waals surface area contributed by atoms with E-state index < -0.39 is 5.97 Å². The number of hydrogen-bond donors (Lipinski definition) is 0. The van der Waals surface area contributed by atoms with Gasteiger partial charge in [0, 0.05) is 19.6 Å². The summed E-state index contributed by atoms with van der Waals surface area (Å²) >= 11 is 1.41. The van der Waals surface area contributed by atoms with Gasteiger partial charge in [0.2, 0.25) is 0 Å². The fraction of sp³-hybridized carbons (Fsp3) is 0.944. The van der Waals surface area contributed by atoms with Crippen molar-refractivity contribution in [3.8, 4) is 0 Å². The third-order valence-electron chi connectivity index (χ3n) is 4.20. The standard InChI is InChI=1S/C18H34O4S/c1-5-9-10-11-12-16-15(17(19)23-8-4)13-14-18(22-16,20-6-2)21-7-3/h15-16H,5-14H2,1-4H3/t15-,16-/m1/s1. The average molecular weight is 347 g/mol. The molecular weight excluding hydrogens is 312 g/mol. The smallest absolute Gasteiger partial charge is 0.283 e. The van der Waals surface area contributed by atoms with Crippen molar-refractivity contribution in [3.05, 3.63) is 0 Å². The van der Waals surface area contributed by atoms with Gasteiger partial charge in [-0.25, -0.2) is 0 Å². The minimum Gasteiger partial charge on any atom is -0.328 e. The molecule has 0 radical (unpaired) electrons. The molecule has 4 nitrogen and oxygen atoms in total. The Bertz CT molecular complexity index is 329. The summed E-state index contributed by atoms with van der Waals surface area (Å²) < 4.78 is 17.8. The summed E-state index contributed by atoms with van der Waals surface area (Å²) in [5.74, 6) is -0.164. The number of carbonyl (C=O) groups is 1. The van der Waals surface area contributed by atoms with Crippen LogP contribution in [0.25, 0.3) is 0 Å². The van der Waals surface area contributed by atoms with E-state index in [-0.39, 0.29) is 17.1 Å². The van der Waals surface area contributed by atoms with Crippen LogP contribution in [0.3, 0.4) is 0 Å². The molecule has 23 heavy (non-hydrogen) atoms. The molecule has 5 heteroatoms. The van der Waals surface area contributed by atoms with Crippen LogP contribution >= 0.6 is 11.8 Å². The molecule has 0 aromatic heterocycles. The van der Waals surface area contributed by atoms with E-state index in [0.717, 1.165) is 25.0 Å². The number of hydrogen-bond acceptors (Lipinski definition) is 5. The topological polar surface area (TPSA) is 44.8 Å². The number of rotatable bonds is 11. The highest BCUT2D eigenvalue weighted by molar-refractivity contribution is 8.13. The normalized spacial score (nSPS) is 23.8. The average Bonchev–Trinajstić information content (AvgIpc) is 2.52. The maximum Gasteiger partial charge on any atom is 0.283 e. The predicted molar refractivity (Wildman–Crippen MR) is 95.5 cm³/mol. The van der Waals surface area contributed by atoms with Gasteiger partial charge in [0.05, 0.1) is 12.0 Å². The molecule has 2 atom stereocenters. The summed E-state index contributed by atoms with van der Waals surface area (Å²) in [7, 11) is 0. The molecule has 0 aromatic rings. The summed E-state index contributed by atoms with van der Waals surface area (Å²) in [5, 5.41) is 0.259. The van der Waals surface area contributed by atoms with Crippen molar-refractivity contribution in [3.63, 3.8) is 0 Å². The van der Waals surface area contributed by atoms with Crippen LogP contribution in [0, 0.1) is 5.92 Å². The molecule has 1 aliphatic rings. The van der Waals surface area contributed by atoms with Crippen molar-refractivity contribution in [1.29, 1.82) is 0 Å². The molecule has 1 heterocycles. The minimum absolute atomic E-state index is 0.0318. The lowest BCUT2D eigenvalue weighted by atomic mass is 9.90. The fourth-order valence-corrected chi connectivity index (χ4v) is 3.90. The number of ether oxygens (including phenoxy) is 3. The molecule has 0 amide bonds. The highest BCUT2D eigenvalue weighted by Gasteiger charge is 2.45. The molecule has 0 aliphatic carbocycles. The van der Waals surface area contributed by atoms with Crippen LogP contribution in [0.5, 0.6) is 0 Å². The van der Waals surface area contributed by atoms with E-state index in [1.165, 1.54) is 31.0 Å². The van der Waals surface area contributed by atoms with Crippen molar-refractivity contribution >= 4 is 16.9 Å². The van der Waals surface area contributed by atoms with Gasteiger partial charge in [-0.15, -0.1) is 0 Å². The number of thioether (sulfide) groups is 1. The van der Waals surface area contributed by atoms with Crippen LogP contribution in [0.15, 0.2) is 0 Å². The van der Waals surface area contributed by atoms with Gasteiger partial charge >= 0.3 is 0 Å². The molecule has 0 bridgehead atoms. The lowest BCUT2D eigenvalue weighted by molar-refractivity contribution is -0.410. The summed E-state index contributed by atoms with van der Waals surface area (Å²) in [6.45, 7) is 9.22. The summed E-state index contributed by atoms with van der Waals surface area (Å²) in [6.07, 6.45) is 6.94. The van der Waals surface area contributed by atoms with Gasteiger partial charge in [-0.3, -0.25) is 4.79 Å². The number of unbranched alkanes of at least 4 members (excludes halogenated alkanes) is 3. The zero-order valence-electron chi connectivity index (χ0n) is 15.3. The summed E-state index contributed by atoms with van der Waals surface area (Å²) in [5.41, 5.74) is 0. The van der Waals surface area contributed by atoms with Gasteiger partial charge in [0.1, 0.15) is 0 Å². The van der Waals surface area contributed by atoms with Crippen LogP contribution in [-0.2, 0) is 19.0 Å². The first-order chi connectivity index (χ1) is 11.1. The lowest BCUT2D eigenvalue weighted by Crippen LogP contribution is -2.50. The van der Waals surface area contributed by atoms with E-state index >= 15 is 0 Å². The highest BCUT2D eigenvalue weighted by Crippen LogP contribution is 2.38. The SMILES string of the molecule is CCCCCC[C@H]1OC(OCC)(OCC)CC[C@H]1C(=O)SCC. The molecule has 0 aromatic carbocycles. The Hall–Kier alpha value is -0.100. The largest absolute Gasteiger partial charge is 0.328 e. The van der Waals surface area contributed by atoms with E-state index in [1.807, 2.05) is 20.8 Å². The molecule has 1 saturated heterocycles.